The fourth-order valence-electron chi connectivity index (χ4n) is 2.51. The molecule has 114 valence electrons. The Morgan fingerprint density at radius 2 is 2.09 bits per heavy atom. The number of hydrogen-bond acceptors (Lipinski definition) is 3. The molecule has 0 aliphatic carbocycles. The first-order valence-corrected chi connectivity index (χ1v) is 8.67. The number of nitrogens with zero attached hydrogens (tertiary/aromatic N) is 1. The van der Waals surface area contributed by atoms with Crippen LogP contribution >= 0.6 is 27.3 Å². The van der Waals surface area contributed by atoms with Crippen LogP contribution in [0.1, 0.15) is 16.1 Å². The van der Waals surface area contributed by atoms with E-state index in [-0.39, 0.29) is 5.91 Å². The summed E-state index contributed by atoms with van der Waals surface area (Å²) >= 11 is 4.98. The molecular weight excluding hydrogens is 374 g/mol. The number of para-hydroxylation sites is 1. The maximum absolute atomic E-state index is 12.5. The van der Waals surface area contributed by atoms with E-state index in [1.807, 2.05) is 43.3 Å². The van der Waals surface area contributed by atoms with Crippen molar-refractivity contribution in [2.24, 2.45) is 0 Å². The standard InChI is InChI=1S/C17H12BrN3OS/c1-9-6-7-12-13(8-9)23-17(20-12)21-16(22)15-14(18)10-4-2-3-5-11(10)19-15/h2-8,19H,1H3,(H,20,21,22). The number of rotatable bonds is 2. The van der Waals surface area contributed by atoms with E-state index in [9.17, 15) is 4.79 Å². The number of halogens is 1. The summed E-state index contributed by atoms with van der Waals surface area (Å²) in [7, 11) is 0. The van der Waals surface area contributed by atoms with Crippen LogP contribution in [0.4, 0.5) is 5.13 Å². The molecule has 0 unspecified atom stereocenters. The molecule has 23 heavy (non-hydrogen) atoms. The number of aromatic nitrogens is 2. The normalized spacial score (nSPS) is 11.2. The van der Waals surface area contributed by atoms with E-state index >= 15 is 0 Å². The van der Waals surface area contributed by atoms with Crippen molar-refractivity contribution in [2.75, 3.05) is 5.32 Å². The van der Waals surface area contributed by atoms with E-state index in [0.29, 0.717) is 10.8 Å². The van der Waals surface area contributed by atoms with Crippen LogP contribution < -0.4 is 5.32 Å². The number of amides is 1. The van der Waals surface area contributed by atoms with Crippen LogP contribution in [0.5, 0.6) is 0 Å². The van der Waals surface area contributed by atoms with Gasteiger partial charge in [0.2, 0.25) is 0 Å². The Labute approximate surface area is 144 Å². The molecule has 0 atom stereocenters. The van der Waals surface area contributed by atoms with Gasteiger partial charge in [-0.1, -0.05) is 35.6 Å². The Hall–Kier alpha value is -2.18. The molecule has 0 spiro atoms. The predicted octanol–water partition coefficient (Wildman–Crippen LogP) is 5.10. The molecule has 2 aromatic heterocycles. The number of fused-ring (bicyclic) bond motifs is 2. The van der Waals surface area contributed by atoms with Crippen molar-refractivity contribution in [1.29, 1.82) is 0 Å². The van der Waals surface area contributed by atoms with Gasteiger partial charge in [0.05, 0.1) is 14.7 Å². The number of carbonyl (C=O) groups is 1. The molecule has 0 saturated carbocycles. The zero-order chi connectivity index (χ0) is 16.0. The second-order valence-corrected chi connectivity index (χ2v) is 7.13. The maximum atomic E-state index is 12.5. The number of carbonyl (C=O) groups excluding carboxylic acids is 1. The number of nitrogens with one attached hydrogen (secondary N) is 2. The van der Waals surface area contributed by atoms with Gasteiger partial charge in [0.1, 0.15) is 5.69 Å². The summed E-state index contributed by atoms with van der Waals surface area (Å²) in [6.07, 6.45) is 0. The second kappa shape index (κ2) is 5.47. The van der Waals surface area contributed by atoms with Crippen LogP contribution in [0.25, 0.3) is 21.1 Å². The van der Waals surface area contributed by atoms with Gasteiger partial charge in [-0.15, -0.1) is 0 Å². The molecule has 4 rings (SSSR count). The van der Waals surface area contributed by atoms with Gasteiger partial charge in [-0.3, -0.25) is 10.1 Å². The Morgan fingerprint density at radius 3 is 2.91 bits per heavy atom. The molecule has 0 radical (unpaired) electrons. The SMILES string of the molecule is Cc1ccc2nc(NC(=O)c3[nH]c4ccccc4c3Br)sc2c1. The number of anilines is 1. The largest absolute Gasteiger partial charge is 0.350 e. The number of benzene rings is 2. The van der Waals surface area contributed by atoms with Crippen LogP contribution in [-0.4, -0.2) is 15.9 Å². The molecule has 2 aromatic carbocycles. The van der Waals surface area contributed by atoms with Crippen molar-refractivity contribution >= 4 is 59.4 Å². The van der Waals surface area contributed by atoms with Crippen molar-refractivity contribution < 1.29 is 4.79 Å². The Bertz CT molecular complexity index is 1050. The van der Waals surface area contributed by atoms with E-state index < -0.39 is 0 Å². The van der Waals surface area contributed by atoms with Crippen LogP contribution in [0.3, 0.4) is 0 Å². The number of H-pyrrole nitrogens is 1. The van der Waals surface area contributed by atoms with Crippen molar-refractivity contribution in [3.63, 3.8) is 0 Å². The fraction of sp³-hybridized carbons (Fsp3) is 0.0588. The van der Waals surface area contributed by atoms with E-state index in [1.54, 1.807) is 0 Å². The maximum Gasteiger partial charge on any atom is 0.275 e. The van der Waals surface area contributed by atoms with E-state index in [1.165, 1.54) is 16.9 Å². The summed E-state index contributed by atoms with van der Waals surface area (Å²) in [6, 6.07) is 13.8. The highest BCUT2D eigenvalue weighted by Gasteiger charge is 2.17. The van der Waals surface area contributed by atoms with E-state index in [0.717, 1.165) is 25.6 Å². The Morgan fingerprint density at radius 1 is 1.26 bits per heavy atom. The summed E-state index contributed by atoms with van der Waals surface area (Å²) in [6.45, 7) is 2.04. The Balaban J connectivity index is 1.69. The van der Waals surface area contributed by atoms with Crippen LogP contribution in [0.15, 0.2) is 46.9 Å². The smallest absolute Gasteiger partial charge is 0.275 e. The molecule has 1 amide bonds. The van der Waals surface area contributed by atoms with Crippen LogP contribution in [0, 0.1) is 6.92 Å². The third-order valence-corrected chi connectivity index (χ3v) is 5.39. The van der Waals surface area contributed by atoms with E-state index in [4.69, 9.17) is 0 Å². The molecule has 2 N–H and O–H groups in total. The summed E-state index contributed by atoms with van der Waals surface area (Å²) in [5.41, 5.74) is 3.50. The first-order valence-electron chi connectivity index (χ1n) is 7.06. The lowest BCUT2D eigenvalue weighted by Gasteiger charge is -1.99. The van der Waals surface area contributed by atoms with Gasteiger partial charge in [-0.05, 0) is 46.6 Å². The van der Waals surface area contributed by atoms with Crippen LogP contribution in [0.2, 0.25) is 0 Å². The molecule has 4 aromatic rings. The number of aromatic amines is 1. The minimum atomic E-state index is -0.205. The van der Waals surface area contributed by atoms with Crippen molar-refractivity contribution in [2.45, 2.75) is 6.92 Å². The molecule has 6 heteroatoms. The zero-order valence-electron chi connectivity index (χ0n) is 12.2. The third kappa shape index (κ3) is 2.54. The molecular formula is C17H12BrN3OS. The minimum Gasteiger partial charge on any atom is -0.350 e. The lowest BCUT2D eigenvalue weighted by molar-refractivity contribution is 0.102. The summed E-state index contributed by atoms with van der Waals surface area (Å²) in [4.78, 5) is 20.1. The minimum absolute atomic E-state index is 0.205. The third-order valence-electron chi connectivity index (χ3n) is 3.63. The average molecular weight is 386 g/mol. The highest BCUT2D eigenvalue weighted by atomic mass is 79.9. The Kier molecular flexibility index (Phi) is 3.43. The van der Waals surface area contributed by atoms with Gasteiger partial charge in [0.25, 0.3) is 5.91 Å². The summed E-state index contributed by atoms with van der Waals surface area (Å²) in [5.74, 6) is -0.205. The first kappa shape index (κ1) is 14.4. The van der Waals surface area contributed by atoms with Crippen LogP contribution in [-0.2, 0) is 0 Å². The topological polar surface area (TPSA) is 57.8 Å². The molecule has 0 aliphatic rings. The van der Waals surface area contributed by atoms with Gasteiger partial charge >= 0.3 is 0 Å². The highest BCUT2D eigenvalue weighted by molar-refractivity contribution is 9.10. The fourth-order valence-corrected chi connectivity index (χ4v) is 4.09. The summed E-state index contributed by atoms with van der Waals surface area (Å²) < 4.78 is 1.83. The van der Waals surface area contributed by atoms with Crippen molar-refractivity contribution in [1.82, 2.24) is 9.97 Å². The van der Waals surface area contributed by atoms with Gasteiger partial charge in [0.15, 0.2) is 5.13 Å². The van der Waals surface area contributed by atoms with Crippen molar-refractivity contribution in [3.05, 3.63) is 58.2 Å². The number of aryl methyl sites for hydroxylation is 1. The second-order valence-electron chi connectivity index (χ2n) is 5.30. The molecule has 2 heterocycles. The summed E-state index contributed by atoms with van der Waals surface area (Å²) in [5, 5.41) is 4.46. The zero-order valence-corrected chi connectivity index (χ0v) is 14.6. The van der Waals surface area contributed by atoms with Gasteiger partial charge in [0, 0.05) is 10.9 Å². The van der Waals surface area contributed by atoms with E-state index in [2.05, 4.69) is 37.3 Å². The lowest BCUT2D eigenvalue weighted by Crippen LogP contribution is -2.12. The highest BCUT2D eigenvalue weighted by Crippen LogP contribution is 2.30. The number of thiazole rings is 1. The molecule has 0 aliphatic heterocycles. The van der Waals surface area contributed by atoms with Gasteiger partial charge < -0.3 is 4.98 Å². The molecule has 0 fully saturated rings. The number of hydrogen-bond donors (Lipinski definition) is 2. The molecule has 0 bridgehead atoms. The quantitative estimate of drug-likeness (QED) is 0.504. The van der Waals surface area contributed by atoms with Crippen molar-refractivity contribution in [3.8, 4) is 0 Å². The molecule has 4 nitrogen and oxygen atoms in total. The first-order chi connectivity index (χ1) is 11.1. The average Bonchev–Trinajstić information content (AvgIpc) is 3.08. The van der Waals surface area contributed by atoms with Gasteiger partial charge in [-0.25, -0.2) is 4.98 Å². The lowest BCUT2D eigenvalue weighted by atomic mass is 10.2. The monoisotopic (exact) mass is 385 g/mol. The van der Waals surface area contributed by atoms with Gasteiger partial charge in [-0.2, -0.15) is 0 Å². The molecule has 0 saturated heterocycles. The predicted molar refractivity (Wildman–Crippen MR) is 98.3 cm³/mol.